The Hall–Kier alpha value is -3.18. The number of nitrogens with one attached hydrogen (secondary N) is 2. The monoisotopic (exact) mass is 576 g/mol. The molecule has 2 N–H and O–H groups in total. The van der Waals surface area contributed by atoms with Crippen molar-refractivity contribution in [3.05, 3.63) is 80.3 Å². The average molecular weight is 578 g/mol. The van der Waals surface area contributed by atoms with E-state index in [2.05, 4.69) is 20.9 Å². The summed E-state index contributed by atoms with van der Waals surface area (Å²) in [5, 5.41) is 12.4. The van der Waals surface area contributed by atoms with Crippen molar-refractivity contribution in [3.63, 3.8) is 0 Å². The Balaban J connectivity index is 1.46. The molecule has 0 fully saturated rings. The second-order valence-electron chi connectivity index (χ2n) is 7.06. The van der Waals surface area contributed by atoms with Crippen molar-refractivity contribution in [2.24, 2.45) is 0 Å². The van der Waals surface area contributed by atoms with Crippen molar-refractivity contribution in [2.75, 3.05) is 10.6 Å². The highest BCUT2D eigenvalue weighted by atomic mass is 35.5. The van der Waals surface area contributed by atoms with Gasteiger partial charge in [-0.2, -0.15) is 13.2 Å². The van der Waals surface area contributed by atoms with Crippen molar-refractivity contribution in [2.45, 2.75) is 6.18 Å². The van der Waals surface area contributed by atoms with E-state index in [-0.39, 0.29) is 43.8 Å². The first kappa shape index (κ1) is 25.9. The zero-order valence-electron chi connectivity index (χ0n) is 17.5. The molecule has 0 radical (unpaired) electrons. The molecule has 0 aliphatic heterocycles. The summed E-state index contributed by atoms with van der Waals surface area (Å²) in [6.45, 7) is 0. The summed E-state index contributed by atoms with van der Waals surface area (Å²) in [5.41, 5.74) is 0.0589. The number of anilines is 2. The second-order valence-corrected chi connectivity index (χ2v) is 8.72. The second kappa shape index (κ2) is 10.4. The van der Waals surface area contributed by atoms with E-state index in [9.17, 15) is 18.0 Å². The van der Waals surface area contributed by atoms with Crippen LogP contribution in [-0.2, 0) is 6.18 Å². The number of ether oxygens (including phenoxy) is 1. The number of halogens is 7. The molecule has 1 aromatic heterocycles. The summed E-state index contributed by atoms with van der Waals surface area (Å²) >= 11 is 24.0. The zero-order chi connectivity index (χ0) is 26.0. The molecule has 0 bridgehead atoms. The molecule has 14 heteroatoms. The van der Waals surface area contributed by atoms with Crippen molar-refractivity contribution >= 4 is 63.9 Å². The molecule has 0 saturated heterocycles. The number of hydrogen-bond donors (Lipinski definition) is 2. The molecule has 4 rings (SSSR count). The lowest BCUT2D eigenvalue weighted by molar-refractivity contribution is -0.137. The van der Waals surface area contributed by atoms with Crippen LogP contribution >= 0.6 is 46.4 Å². The van der Waals surface area contributed by atoms with Gasteiger partial charge in [-0.05, 0) is 46.7 Å². The number of carbonyl (C=O) groups excluding carboxylic acids is 1. The Morgan fingerprint density at radius 2 is 1.53 bits per heavy atom. The number of nitrogens with zero attached hydrogens (tertiary/aromatic N) is 2. The third-order valence-electron chi connectivity index (χ3n) is 4.57. The van der Waals surface area contributed by atoms with Crippen molar-refractivity contribution in [1.29, 1.82) is 0 Å². The van der Waals surface area contributed by atoms with Crippen LogP contribution in [0.25, 0.3) is 11.3 Å². The van der Waals surface area contributed by atoms with Crippen LogP contribution in [0.15, 0.2) is 59.2 Å². The smallest absolute Gasteiger partial charge is 0.416 e. The summed E-state index contributed by atoms with van der Waals surface area (Å²) in [6, 6.07) is 11.5. The molecule has 0 saturated carbocycles. The fourth-order valence-corrected chi connectivity index (χ4v) is 3.84. The maximum atomic E-state index is 12.9. The van der Waals surface area contributed by atoms with Crippen LogP contribution in [0.3, 0.4) is 0 Å². The van der Waals surface area contributed by atoms with Gasteiger partial charge in [-0.1, -0.05) is 58.5 Å². The average Bonchev–Trinajstić information content (AvgIpc) is 3.25. The molecule has 2 amide bonds. The summed E-state index contributed by atoms with van der Waals surface area (Å²) in [7, 11) is 0. The highest BCUT2D eigenvalue weighted by Gasteiger charge is 2.32. The van der Waals surface area contributed by atoms with Gasteiger partial charge in [-0.3, -0.25) is 5.32 Å². The molecule has 0 aliphatic carbocycles. The van der Waals surface area contributed by atoms with Gasteiger partial charge in [0.2, 0.25) is 5.82 Å². The van der Waals surface area contributed by atoms with E-state index in [1.807, 2.05) is 0 Å². The molecule has 0 aliphatic rings. The number of hydrogen-bond acceptors (Lipinski definition) is 5. The number of alkyl halides is 3. The molecule has 0 atom stereocenters. The topological polar surface area (TPSA) is 89.3 Å². The molecule has 36 heavy (non-hydrogen) atoms. The lowest BCUT2D eigenvalue weighted by Crippen LogP contribution is -2.20. The Morgan fingerprint density at radius 1 is 0.861 bits per heavy atom. The van der Waals surface area contributed by atoms with E-state index in [1.165, 1.54) is 18.2 Å². The summed E-state index contributed by atoms with van der Waals surface area (Å²) in [5.74, 6) is -0.0214. The molecule has 0 spiro atoms. The van der Waals surface area contributed by atoms with Gasteiger partial charge < -0.3 is 10.1 Å². The van der Waals surface area contributed by atoms with Crippen molar-refractivity contribution in [1.82, 2.24) is 10.3 Å². The van der Waals surface area contributed by atoms with Crippen LogP contribution in [0.5, 0.6) is 11.5 Å². The van der Waals surface area contributed by atoms with Gasteiger partial charge in [0.05, 0.1) is 26.3 Å². The number of carbonyl (C=O) groups is 1. The quantitative estimate of drug-likeness (QED) is 0.247. The molecular weight excluding hydrogens is 567 g/mol. The van der Waals surface area contributed by atoms with Crippen LogP contribution in [0.1, 0.15) is 5.56 Å². The first-order valence-corrected chi connectivity index (χ1v) is 11.2. The molecule has 1 heterocycles. The van der Waals surface area contributed by atoms with E-state index in [4.69, 9.17) is 55.8 Å². The third-order valence-corrected chi connectivity index (χ3v) is 5.70. The van der Waals surface area contributed by atoms with Gasteiger partial charge in [0.15, 0.2) is 11.4 Å². The predicted molar refractivity (Wildman–Crippen MR) is 130 cm³/mol. The number of rotatable bonds is 5. The fourth-order valence-electron chi connectivity index (χ4n) is 2.93. The maximum absolute atomic E-state index is 12.9. The lowest BCUT2D eigenvalue weighted by Gasteiger charge is -2.14. The van der Waals surface area contributed by atoms with Gasteiger partial charge in [0, 0.05) is 16.7 Å². The Labute approximate surface area is 221 Å². The Kier molecular flexibility index (Phi) is 7.51. The van der Waals surface area contributed by atoms with Gasteiger partial charge in [0.1, 0.15) is 5.75 Å². The SMILES string of the molecule is O=C(Nc1ccc(Oc2c(Cl)cc(C(F)(F)F)cc2Cl)cc1Cl)Nc1nonc1-c1ccc(Cl)cc1. The van der Waals surface area contributed by atoms with E-state index in [1.54, 1.807) is 24.3 Å². The minimum atomic E-state index is -4.62. The van der Waals surface area contributed by atoms with Gasteiger partial charge in [-0.15, -0.1) is 0 Å². The highest BCUT2D eigenvalue weighted by molar-refractivity contribution is 6.37. The van der Waals surface area contributed by atoms with E-state index < -0.39 is 17.8 Å². The first-order chi connectivity index (χ1) is 17.0. The van der Waals surface area contributed by atoms with Crippen LogP contribution in [0.4, 0.5) is 29.5 Å². The molecular formula is C22H11Cl4F3N4O3. The number of aromatic nitrogens is 2. The summed E-state index contributed by atoms with van der Waals surface area (Å²) < 4.78 is 49.0. The minimum absolute atomic E-state index is 0.0532. The Morgan fingerprint density at radius 3 is 2.14 bits per heavy atom. The third kappa shape index (κ3) is 5.96. The highest BCUT2D eigenvalue weighted by Crippen LogP contribution is 2.42. The normalized spacial score (nSPS) is 11.3. The molecule has 0 unspecified atom stereocenters. The first-order valence-electron chi connectivity index (χ1n) is 9.71. The molecule has 4 aromatic rings. The Bertz CT molecular complexity index is 1410. The summed E-state index contributed by atoms with van der Waals surface area (Å²) in [6.07, 6.45) is -4.62. The number of urea groups is 1. The van der Waals surface area contributed by atoms with Crippen molar-refractivity contribution in [3.8, 4) is 22.8 Å². The van der Waals surface area contributed by atoms with Crippen molar-refractivity contribution < 1.29 is 27.3 Å². The van der Waals surface area contributed by atoms with Crippen LogP contribution in [0.2, 0.25) is 20.1 Å². The zero-order valence-corrected chi connectivity index (χ0v) is 20.5. The maximum Gasteiger partial charge on any atom is 0.416 e. The molecule has 7 nitrogen and oxygen atoms in total. The largest absolute Gasteiger partial charge is 0.454 e. The lowest BCUT2D eigenvalue weighted by atomic mass is 10.1. The summed E-state index contributed by atoms with van der Waals surface area (Å²) in [4.78, 5) is 12.5. The van der Waals surface area contributed by atoms with Gasteiger partial charge in [0.25, 0.3) is 0 Å². The molecule has 3 aromatic carbocycles. The predicted octanol–water partition coefficient (Wildman–Crippen LogP) is 8.81. The minimum Gasteiger partial charge on any atom is -0.454 e. The molecule has 186 valence electrons. The fraction of sp³-hybridized carbons (Fsp3) is 0.0455. The van der Waals surface area contributed by atoms with E-state index in [0.29, 0.717) is 22.7 Å². The van der Waals surface area contributed by atoms with Gasteiger partial charge >= 0.3 is 12.2 Å². The standard InChI is InChI=1S/C22H11Cl4F3N4O3/c23-12-3-1-10(2-4-12)18-20(33-36-32-18)31-21(34)30-17-6-5-13(9-14(17)24)35-19-15(25)7-11(8-16(19)26)22(27,28)29/h1-9H,(H2,30,31,33,34). The number of benzene rings is 3. The van der Waals surface area contributed by atoms with E-state index >= 15 is 0 Å². The van der Waals surface area contributed by atoms with Crippen LogP contribution in [-0.4, -0.2) is 16.3 Å². The van der Waals surface area contributed by atoms with Crippen LogP contribution in [0, 0.1) is 0 Å². The van der Waals surface area contributed by atoms with E-state index in [0.717, 1.165) is 0 Å². The number of amides is 2. The van der Waals surface area contributed by atoms with Crippen LogP contribution < -0.4 is 15.4 Å². The van der Waals surface area contributed by atoms with Gasteiger partial charge in [-0.25, -0.2) is 9.42 Å².